The molecule has 7 nitrogen and oxygen atoms in total. The van der Waals surface area contributed by atoms with E-state index in [-0.39, 0.29) is 19.0 Å². The highest BCUT2D eigenvalue weighted by atomic mass is 32.2. The van der Waals surface area contributed by atoms with Gasteiger partial charge in [0.05, 0.1) is 18.8 Å². The zero-order valence-electron chi connectivity index (χ0n) is 19.4. The van der Waals surface area contributed by atoms with Crippen LogP contribution in [-0.4, -0.2) is 46.9 Å². The van der Waals surface area contributed by atoms with Crippen molar-refractivity contribution in [3.05, 3.63) is 72.3 Å². The number of nitrogens with one attached hydrogen (secondary N) is 1. The lowest BCUT2D eigenvalue weighted by molar-refractivity contribution is -0.119. The van der Waals surface area contributed by atoms with Gasteiger partial charge in [-0.25, -0.2) is 19.2 Å². The molecule has 1 N–H and O–H groups in total. The second kappa shape index (κ2) is 11.8. The quantitative estimate of drug-likeness (QED) is 0.246. The number of nitrogens with zero attached hydrogens (tertiary/aromatic N) is 3. The Kier molecular flexibility index (Phi) is 8.31. The van der Waals surface area contributed by atoms with Crippen molar-refractivity contribution in [3.63, 3.8) is 0 Å². The highest BCUT2D eigenvalue weighted by molar-refractivity contribution is 7.99. The SMILES string of the molecule is CC(=O)NC[C@H]1CN(c2ccc(-c3ccc(CCCCSc4ncccn4)cc3)c(F)c2)C(=O)O1. The molecule has 1 atom stereocenters. The second-order valence-corrected chi connectivity index (χ2v) is 9.31. The summed E-state index contributed by atoms with van der Waals surface area (Å²) in [4.78, 5) is 33.1. The molecule has 2 aromatic carbocycles. The van der Waals surface area contributed by atoms with Crippen molar-refractivity contribution in [2.75, 3.05) is 23.7 Å². The second-order valence-electron chi connectivity index (χ2n) is 8.25. The molecule has 0 saturated carbocycles. The Morgan fingerprint density at radius 1 is 1.17 bits per heavy atom. The number of hydrogen-bond acceptors (Lipinski definition) is 6. The molecule has 1 aliphatic rings. The lowest BCUT2D eigenvalue weighted by atomic mass is 10.0. The third-order valence-electron chi connectivity index (χ3n) is 5.62. The van der Waals surface area contributed by atoms with Gasteiger partial charge in [0, 0.05) is 30.6 Å². The molecule has 35 heavy (non-hydrogen) atoms. The summed E-state index contributed by atoms with van der Waals surface area (Å²) in [5.74, 6) is 0.365. The number of anilines is 1. The van der Waals surface area contributed by atoms with Gasteiger partial charge in [-0.15, -0.1) is 0 Å². The lowest BCUT2D eigenvalue weighted by Crippen LogP contribution is -2.33. The Bertz CT molecular complexity index is 1160. The van der Waals surface area contributed by atoms with Crippen LogP contribution in [0.15, 0.2) is 66.1 Å². The van der Waals surface area contributed by atoms with Gasteiger partial charge in [0.15, 0.2) is 5.16 Å². The summed E-state index contributed by atoms with van der Waals surface area (Å²) in [5, 5.41) is 3.43. The van der Waals surface area contributed by atoms with Crippen molar-refractivity contribution in [1.82, 2.24) is 15.3 Å². The van der Waals surface area contributed by atoms with E-state index >= 15 is 0 Å². The molecule has 0 bridgehead atoms. The normalized spacial score (nSPS) is 15.2. The van der Waals surface area contributed by atoms with Crippen molar-refractivity contribution in [1.29, 1.82) is 0 Å². The molecule has 0 radical (unpaired) electrons. The predicted molar refractivity (Wildman–Crippen MR) is 134 cm³/mol. The molecule has 0 spiro atoms. The van der Waals surface area contributed by atoms with Crippen LogP contribution in [0, 0.1) is 5.82 Å². The Labute approximate surface area is 208 Å². The maximum absolute atomic E-state index is 14.9. The van der Waals surface area contributed by atoms with Gasteiger partial charge in [-0.1, -0.05) is 36.0 Å². The Morgan fingerprint density at radius 2 is 1.94 bits per heavy atom. The highest BCUT2D eigenvalue weighted by Gasteiger charge is 2.32. The average molecular weight is 495 g/mol. The van der Waals surface area contributed by atoms with Gasteiger partial charge in [-0.05, 0) is 54.7 Å². The monoisotopic (exact) mass is 494 g/mol. The Hall–Kier alpha value is -3.46. The molecule has 1 fully saturated rings. The van der Waals surface area contributed by atoms with E-state index in [1.807, 2.05) is 30.3 Å². The zero-order valence-corrected chi connectivity index (χ0v) is 20.3. The highest BCUT2D eigenvalue weighted by Crippen LogP contribution is 2.29. The number of carbonyl (C=O) groups is 2. The van der Waals surface area contributed by atoms with Crippen molar-refractivity contribution < 1.29 is 18.7 Å². The van der Waals surface area contributed by atoms with Gasteiger partial charge in [0.1, 0.15) is 11.9 Å². The van der Waals surface area contributed by atoms with Gasteiger partial charge in [0.2, 0.25) is 5.91 Å². The van der Waals surface area contributed by atoms with E-state index in [9.17, 15) is 14.0 Å². The summed E-state index contributed by atoms with van der Waals surface area (Å²) in [6.07, 6.45) is 5.55. The van der Waals surface area contributed by atoms with Gasteiger partial charge < -0.3 is 10.1 Å². The first-order valence-corrected chi connectivity index (χ1v) is 12.5. The summed E-state index contributed by atoms with van der Waals surface area (Å²) < 4.78 is 20.2. The van der Waals surface area contributed by atoms with E-state index in [0.717, 1.165) is 35.7 Å². The number of rotatable bonds is 10. The summed E-state index contributed by atoms with van der Waals surface area (Å²) in [5.41, 5.74) is 2.89. The largest absolute Gasteiger partial charge is 0.442 e. The fourth-order valence-electron chi connectivity index (χ4n) is 3.81. The number of ether oxygens (including phenoxy) is 1. The number of unbranched alkanes of at least 4 members (excludes halogenated alkanes) is 1. The zero-order chi connectivity index (χ0) is 24.6. The lowest BCUT2D eigenvalue weighted by Gasteiger charge is -2.14. The van der Waals surface area contributed by atoms with Gasteiger partial charge >= 0.3 is 6.09 Å². The minimum absolute atomic E-state index is 0.196. The van der Waals surface area contributed by atoms with E-state index in [4.69, 9.17) is 4.74 Å². The van der Waals surface area contributed by atoms with E-state index in [0.29, 0.717) is 11.3 Å². The molecule has 0 unspecified atom stereocenters. The minimum Gasteiger partial charge on any atom is -0.442 e. The third-order valence-corrected chi connectivity index (χ3v) is 6.58. The molecule has 2 amide bonds. The van der Waals surface area contributed by atoms with Crippen molar-refractivity contribution in [3.8, 4) is 11.1 Å². The number of amides is 2. The number of thioether (sulfide) groups is 1. The number of benzene rings is 2. The van der Waals surface area contributed by atoms with E-state index in [1.165, 1.54) is 23.5 Å². The van der Waals surface area contributed by atoms with Crippen LogP contribution >= 0.6 is 11.8 Å². The first kappa shape index (κ1) is 24.7. The fraction of sp³-hybridized carbons (Fsp3) is 0.308. The van der Waals surface area contributed by atoms with Crippen LogP contribution < -0.4 is 10.2 Å². The van der Waals surface area contributed by atoms with Crippen LogP contribution in [0.4, 0.5) is 14.9 Å². The molecular formula is C26H27FN4O3S. The molecule has 4 rings (SSSR count). The number of halogens is 1. The first-order chi connectivity index (χ1) is 17.0. The maximum atomic E-state index is 14.9. The summed E-state index contributed by atoms with van der Waals surface area (Å²) >= 11 is 1.66. The van der Waals surface area contributed by atoms with Crippen LogP contribution in [-0.2, 0) is 16.0 Å². The topological polar surface area (TPSA) is 84.4 Å². The molecular weight excluding hydrogens is 467 g/mol. The molecule has 1 aliphatic heterocycles. The van der Waals surface area contributed by atoms with E-state index in [2.05, 4.69) is 15.3 Å². The molecule has 182 valence electrons. The standard InChI is InChI=1S/C26H27FN4O3S/c1-18(32)30-16-22-17-31(26(33)34-22)21-10-11-23(24(27)15-21)20-8-6-19(7-9-20)5-2-3-14-35-25-28-12-4-13-29-25/h4,6-13,15,22H,2-3,5,14,16-17H2,1H3,(H,30,32)/t22-/m0/s1. The fourth-order valence-corrected chi connectivity index (χ4v) is 4.61. The van der Waals surface area contributed by atoms with Crippen LogP contribution in [0.25, 0.3) is 11.1 Å². The summed E-state index contributed by atoms with van der Waals surface area (Å²) in [6.45, 7) is 1.88. The van der Waals surface area contributed by atoms with Crippen LogP contribution in [0.2, 0.25) is 0 Å². The minimum atomic E-state index is -0.549. The number of aryl methyl sites for hydroxylation is 1. The van der Waals surface area contributed by atoms with E-state index in [1.54, 1.807) is 36.3 Å². The first-order valence-electron chi connectivity index (χ1n) is 11.5. The number of aromatic nitrogens is 2. The third kappa shape index (κ3) is 6.79. The molecule has 2 heterocycles. The van der Waals surface area contributed by atoms with Crippen LogP contribution in [0.1, 0.15) is 25.3 Å². The van der Waals surface area contributed by atoms with Crippen molar-refractivity contribution in [2.45, 2.75) is 37.4 Å². The Balaban J connectivity index is 1.30. The molecule has 1 saturated heterocycles. The summed E-state index contributed by atoms with van der Waals surface area (Å²) in [6, 6.07) is 14.4. The van der Waals surface area contributed by atoms with Crippen LogP contribution in [0.5, 0.6) is 0 Å². The number of carbonyl (C=O) groups excluding carboxylic acids is 2. The van der Waals surface area contributed by atoms with Crippen molar-refractivity contribution >= 4 is 29.4 Å². The molecule has 3 aromatic rings. The Morgan fingerprint density at radius 3 is 2.66 bits per heavy atom. The van der Waals surface area contributed by atoms with Gasteiger partial charge in [0.25, 0.3) is 0 Å². The van der Waals surface area contributed by atoms with Crippen LogP contribution in [0.3, 0.4) is 0 Å². The summed E-state index contributed by atoms with van der Waals surface area (Å²) in [7, 11) is 0. The average Bonchev–Trinajstić information content (AvgIpc) is 3.24. The van der Waals surface area contributed by atoms with Gasteiger partial charge in [-0.3, -0.25) is 9.69 Å². The smallest absolute Gasteiger partial charge is 0.414 e. The predicted octanol–water partition coefficient (Wildman–Crippen LogP) is 4.86. The number of cyclic esters (lactones) is 1. The number of hydrogen-bond donors (Lipinski definition) is 1. The molecule has 1 aromatic heterocycles. The molecule has 0 aliphatic carbocycles. The van der Waals surface area contributed by atoms with Crippen molar-refractivity contribution in [2.24, 2.45) is 0 Å². The molecule has 9 heteroatoms. The van der Waals surface area contributed by atoms with Gasteiger partial charge in [-0.2, -0.15) is 0 Å². The van der Waals surface area contributed by atoms with E-state index < -0.39 is 18.0 Å². The maximum Gasteiger partial charge on any atom is 0.414 e.